The molecule has 0 aliphatic carbocycles. The number of carbonyl (C=O) groups excluding carboxylic acids is 1. The molecule has 4 rings (SSSR count). The normalized spacial score (nSPS) is 16.6. The van der Waals surface area contributed by atoms with Crippen molar-refractivity contribution in [2.45, 2.75) is 18.9 Å². The van der Waals surface area contributed by atoms with Crippen molar-refractivity contribution in [1.29, 1.82) is 0 Å². The Kier molecular flexibility index (Phi) is 5.18. The molecule has 0 spiro atoms. The van der Waals surface area contributed by atoms with Gasteiger partial charge in [-0.3, -0.25) is 9.48 Å². The lowest BCUT2D eigenvalue weighted by Gasteiger charge is -2.34. The summed E-state index contributed by atoms with van der Waals surface area (Å²) in [6, 6.07) is 13.1. The number of hydrogen-bond donors (Lipinski definition) is 2. The van der Waals surface area contributed by atoms with Crippen LogP contribution < -0.4 is 15.5 Å². The predicted molar refractivity (Wildman–Crippen MR) is 108 cm³/mol. The first-order chi connectivity index (χ1) is 13.7. The van der Waals surface area contributed by atoms with Crippen molar-refractivity contribution in [3.8, 4) is 0 Å². The summed E-state index contributed by atoms with van der Waals surface area (Å²) in [5, 5.41) is 18.7. The second kappa shape index (κ2) is 8.08. The standard InChI is InChI=1S/C20H23N7O/c1-26-14-17(12-21-26)27-11-5-8-16(13-27)22-19-10-9-18(24-25-19)20(28)23-15-6-3-2-4-7-15/h2-4,6-7,9-10,12,14,16H,5,8,11,13H2,1H3,(H,22,25)(H,23,28). The Morgan fingerprint density at radius 3 is 2.71 bits per heavy atom. The number of piperidine rings is 1. The van der Waals surface area contributed by atoms with Crippen LogP contribution in [-0.2, 0) is 7.05 Å². The molecule has 1 aliphatic heterocycles. The number of hydrogen-bond acceptors (Lipinski definition) is 6. The van der Waals surface area contributed by atoms with Crippen molar-refractivity contribution >= 4 is 23.1 Å². The SMILES string of the molecule is Cn1cc(N2CCCC(Nc3ccc(C(=O)Nc4ccccc4)nn3)C2)cn1. The van der Waals surface area contributed by atoms with Crippen LogP contribution in [0.2, 0.25) is 0 Å². The molecule has 8 nitrogen and oxygen atoms in total. The molecule has 0 bridgehead atoms. The van der Waals surface area contributed by atoms with Crippen molar-refractivity contribution in [2.24, 2.45) is 7.05 Å². The fourth-order valence-electron chi connectivity index (χ4n) is 3.36. The van der Waals surface area contributed by atoms with Crippen LogP contribution >= 0.6 is 0 Å². The van der Waals surface area contributed by atoms with Crippen LogP contribution in [0.3, 0.4) is 0 Å². The number of para-hydroxylation sites is 1. The van der Waals surface area contributed by atoms with Crippen LogP contribution in [0.1, 0.15) is 23.3 Å². The van der Waals surface area contributed by atoms with Gasteiger partial charge in [0.1, 0.15) is 5.82 Å². The van der Waals surface area contributed by atoms with Gasteiger partial charge in [-0.05, 0) is 37.1 Å². The van der Waals surface area contributed by atoms with E-state index in [0.29, 0.717) is 5.82 Å². The van der Waals surface area contributed by atoms with Gasteiger partial charge in [-0.25, -0.2) is 0 Å². The Morgan fingerprint density at radius 2 is 2.00 bits per heavy atom. The van der Waals surface area contributed by atoms with E-state index in [1.807, 2.05) is 54.5 Å². The third-order valence-electron chi connectivity index (χ3n) is 4.76. The topological polar surface area (TPSA) is 88.0 Å². The molecule has 1 amide bonds. The summed E-state index contributed by atoms with van der Waals surface area (Å²) < 4.78 is 1.82. The van der Waals surface area contributed by atoms with E-state index < -0.39 is 0 Å². The van der Waals surface area contributed by atoms with Gasteiger partial charge in [0.15, 0.2) is 5.69 Å². The largest absolute Gasteiger partial charge is 0.367 e. The molecular weight excluding hydrogens is 354 g/mol. The first kappa shape index (κ1) is 18.0. The maximum absolute atomic E-state index is 12.3. The van der Waals surface area contributed by atoms with Crippen molar-refractivity contribution in [3.63, 3.8) is 0 Å². The van der Waals surface area contributed by atoms with Crippen molar-refractivity contribution in [2.75, 3.05) is 28.6 Å². The Labute approximate surface area is 163 Å². The number of nitrogens with one attached hydrogen (secondary N) is 2. The van der Waals surface area contributed by atoms with Crippen LogP contribution in [0.4, 0.5) is 17.2 Å². The number of amides is 1. The summed E-state index contributed by atoms with van der Waals surface area (Å²) in [4.78, 5) is 14.6. The van der Waals surface area contributed by atoms with Crippen LogP contribution in [0.25, 0.3) is 0 Å². The van der Waals surface area contributed by atoms with E-state index in [-0.39, 0.29) is 17.6 Å². The lowest BCUT2D eigenvalue weighted by atomic mass is 10.1. The molecule has 28 heavy (non-hydrogen) atoms. The second-order valence-corrected chi connectivity index (χ2v) is 6.93. The van der Waals surface area contributed by atoms with Gasteiger partial charge in [-0.2, -0.15) is 5.10 Å². The van der Waals surface area contributed by atoms with E-state index in [4.69, 9.17) is 0 Å². The quantitative estimate of drug-likeness (QED) is 0.710. The Hall–Kier alpha value is -3.42. The molecule has 1 fully saturated rings. The molecule has 144 valence electrons. The van der Waals surface area contributed by atoms with Crippen molar-refractivity contribution < 1.29 is 4.79 Å². The van der Waals surface area contributed by atoms with Crippen molar-refractivity contribution in [3.05, 3.63) is 60.6 Å². The molecule has 2 aromatic heterocycles. The molecule has 3 heterocycles. The van der Waals surface area contributed by atoms with Gasteiger partial charge in [0.2, 0.25) is 0 Å². The summed E-state index contributed by atoms with van der Waals surface area (Å²) in [6.07, 6.45) is 6.08. The van der Waals surface area contributed by atoms with E-state index >= 15 is 0 Å². The molecule has 1 unspecified atom stereocenters. The third kappa shape index (κ3) is 4.28. The zero-order valence-corrected chi connectivity index (χ0v) is 15.7. The maximum atomic E-state index is 12.3. The molecule has 1 aliphatic rings. The number of rotatable bonds is 5. The second-order valence-electron chi connectivity index (χ2n) is 6.93. The monoisotopic (exact) mass is 377 g/mol. The molecule has 0 saturated carbocycles. The van der Waals surface area contributed by atoms with E-state index in [0.717, 1.165) is 37.3 Å². The predicted octanol–water partition coefficient (Wildman–Crippen LogP) is 2.54. The third-order valence-corrected chi connectivity index (χ3v) is 4.76. The number of aromatic nitrogens is 4. The van der Waals surface area contributed by atoms with Gasteiger partial charge in [-0.1, -0.05) is 18.2 Å². The number of carbonyl (C=O) groups is 1. The van der Waals surface area contributed by atoms with E-state index in [2.05, 4.69) is 30.8 Å². The van der Waals surface area contributed by atoms with Gasteiger partial charge in [0.25, 0.3) is 5.91 Å². The molecule has 1 aromatic carbocycles. The average molecular weight is 377 g/mol. The highest BCUT2D eigenvalue weighted by Crippen LogP contribution is 2.21. The zero-order valence-electron chi connectivity index (χ0n) is 15.7. The van der Waals surface area contributed by atoms with Gasteiger partial charge in [0.05, 0.1) is 11.9 Å². The minimum Gasteiger partial charge on any atom is -0.367 e. The molecular formula is C20H23N7O. The molecule has 1 atom stereocenters. The zero-order chi connectivity index (χ0) is 19.3. The number of nitrogens with zero attached hydrogens (tertiary/aromatic N) is 5. The Balaban J connectivity index is 1.35. The summed E-state index contributed by atoms with van der Waals surface area (Å²) >= 11 is 0. The fraction of sp³-hybridized carbons (Fsp3) is 0.300. The molecule has 3 aromatic rings. The Bertz CT molecular complexity index is 923. The summed E-state index contributed by atoms with van der Waals surface area (Å²) in [5.74, 6) is 0.403. The van der Waals surface area contributed by atoms with Gasteiger partial charge in [0, 0.05) is 38.1 Å². The van der Waals surface area contributed by atoms with E-state index in [1.54, 1.807) is 12.1 Å². The summed E-state index contributed by atoms with van der Waals surface area (Å²) in [5.41, 5.74) is 2.15. The lowest BCUT2D eigenvalue weighted by Crippen LogP contribution is -2.42. The molecule has 8 heteroatoms. The van der Waals surface area contributed by atoms with Crippen molar-refractivity contribution in [1.82, 2.24) is 20.0 Å². The van der Waals surface area contributed by atoms with Crippen LogP contribution in [0.15, 0.2) is 54.9 Å². The van der Waals surface area contributed by atoms with Gasteiger partial charge < -0.3 is 15.5 Å². The molecule has 0 radical (unpaired) electrons. The number of benzene rings is 1. The lowest BCUT2D eigenvalue weighted by molar-refractivity contribution is 0.102. The summed E-state index contributed by atoms with van der Waals surface area (Å²) in [6.45, 7) is 1.90. The van der Waals surface area contributed by atoms with Gasteiger partial charge in [-0.15, -0.1) is 10.2 Å². The first-order valence-electron chi connectivity index (χ1n) is 9.37. The maximum Gasteiger partial charge on any atom is 0.276 e. The van der Waals surface area contributed by atoms with Gasteiger partial charge >= 0.3 is 0 Å². The summed E-state index contributed by atoms with van der Waals surface area (Å²) in [7, 11) is 1.92. The minimum atomic E-state index is -0.273. The van der Waals surface area contributed by atoms with E-state index in [9.17, 15) is 4.79 Å². The highest BCUT2D eigenvalue weighted by atomic mass is 16.1. The average Bonchev–Trinajstić information content (AvgIpc) is 3.16. The first-order valence-corrected chi connectivity index (χ1v) is 9.37. The minimum absolute atomic E-state index is 0.271. The number of anilines is 3. The highest BCUT2D eigenvalue weighted by molar-refractivity contribution is 6.02. The fourth-order valence-corrected chi connectivity index (χ4v) is 3.36. The highest BCUT2D eigenvalue weighted by Gasteiger charge is 2.21. The smallest absolute Gasteiger partial charge is 0.276 e. The van der Waals surface area contributed by atoms with Crippen LogP contribution in [0, 0.1) is 0 Å². The number of aryl methyl sites for hydroxylation is 1. The molecule has 2 N–H and O–H groups in total. The molecule has 1 saturated heterocycles. The van der Waals surface area contributed by atoms with Crippen LogP contribution in [0.5, 0.6) is 0 Å². The Morgan fingerprint density at radius 1 is 1.14 bits per heavy atom. The van der Waals surface area contributed by atoms with Crippen LogP contribution in [-0.4, -0.2) is 45.0 Å². The van der Waals surface area contributed by atoms with E-state index in [1.165, 1.54) is 0 Å².